The van der Waals surface area contributed by atoms with Crippen molar-refractivity contribution in [3.05, 3.63) is 25.3 Å². The predicted octanol–water partition coefficient (Wildman–Crippen LogP) is 2.63. The molecular formula is C10H14. The fourth-order valence-corrected chi connectivity index (χ4v) is 2.43. The summed E-state index contributed by atoms with van der Waals surface area (Å²) in [7, 11) is 0. The van der Waals surface area contributed by atoms with Crippen LogP contribution in [0.5, 0.6) is 0 Å². The molecule has 0 spiro atoms. The summed E-state index contributed by atoms with van der Waals surface area (Å²) >= 11 is 0. The molecule has 0 nitrogen and oxygen atoms in total. The third-order valence-electron chi connectivity index (χ3n) is 3.14. The molecule has 0 bridgehead atoms. The molecule has 0 amide bonds. The van der Waals surface area contributed by atoms with Crippen LogP contribution in [-0.2, 0) is 0 Å². The summed E-state index contributed by atoms with van der Waals surface area (Å²) in [5, 5.41) is 0. The topological polar surface area (TPSA) is 0 Å². The number of hydrogen-bond donors (Lipinski definition) is 0. The van der Waals surface area contributed by atoms with Gasteiger partial charge in [0.15, 0.2) is 0 Å². The summed E-state index contributed by atoms with van der Waals surface area (Å²) < 4.78 is 0. The normalized spacial score (nSPS) is 50.0. The molecule has 0 heteroatoms. The Morgan fingerprint density at radius 3 is 1.70 bits per heavy atom. The van der Waals surface area contributed by atoms with Crippen LogP contribution in [0, 0.1) is 23.7 Å². The molecule has 2 aliphatic rings. The van der Waals surface area contributed by atoms with Gasteiger partial charge in [-0.2, -0.15) is 0 Å². The summed E-state index contributed by atoms with van der Waals surface area (Å²) in [6.45, 7) is 7.71. The van der Waals surface area contributed by atoms with Crippen LogP contribution >= 0.6 is 0 Å². The number of fused-ring (bicyclic) bond motifs is 1. The van der Waals surface area contributed by atoms with Gasteiger partial charge in [-0.05, 0) is 36.5 Å². The lowest BCUT2D eigenvalue weighted by molar-refractivity contribution is 0.533. The maximum Gasteiger partial charge on any atom is -0.0199 e. The van der Waals surface area contributed by atoms with Gasteiger partial charge < -0.3 is 0 Å². The Labute approximate surface area is 62.6 Å². The molecule has 4 atom stereocenters. The molecule has 0 N–H and O–H groups in total. The largest absolute Gasteiger partial charge is 0.103 e. The first-order valence-corrected chi connectivity index (χ1v) is 4.12. The van der Waals surface area contributed by atoms with E-state index in [0.29, 0.717) is 0 Å². The van der Waals surface area contributed by atoms with Crippen molar-refractivity contribution in [1.29, 1.82) is 0 Å². The third kappa shape index (κ3) is 0.681. The van der Waals surface area contributed by atoms with Crippen LogP contribution in [-0.4, -0.2) is 0 Å². The number of allylic oxidation sites excluding steroid dienone is 2. The molecule has 0 radical (unpaired) electrons. The van der Waals surface area contributed by atoms with Crippen LogP contribution in [0.4, 0.5) is 0 Å². The van der Waals surface area contributed by atoms with Gasteiger partial charge in [-0.15, -0.1) is 13.2 Å². The highest BCUT2D eigenvalue weighted by Gasteiger charge is 2.51. The fourth-order valence-electron chi connectivity index (χ4n) is 2.43. The molecule has 0 saturated heterocycles. The summed E-state index contributed by atoms with van der Waals surface area (Å²) in [5.74, 6) is 3.60. The van der Waals surface area contributed by atoms with E-state index in [1.807, 2.05) is 0 Å². The van der Waals surface area contributed by atoms with E-state index in [1.165, 1.54) is 12.8 Å². The van der Waals surface area contributed by atoms with Crippen LogP contribution in [0.3, 0.4) is 0 Å². The van der Waals surface area contributed by atoms with E-state index in [2.05, 4.69) is 25.3 Å². The lowest BCUT2D eigenvalue weighted by Gasteiger charge is -2.07. The van der Waals surface area contributed by atoms with E-state index < -0.39 is 0 Å². The Morgan fingerprint density at radius 1 is 0.900 bits per heavy atom. The highest BCUT2D eigenvalue weighted by Crippen LogP contribution is 2.59. The van der Waals surface area contributed by atoms with Gasteiger partial charge in [0.05, 0.1) is 0 Å². The van der Waals surface area contributed by atoms with Crippen molar-refractivity contribution in [3.8, 4) is 0 Å². The summed E-state index contributed by atoms with van der Waals surface area (Å²) in [5.41, 5.74) is 0. The second-order valence-corrected chi connectivity index (χ2v) is 3.60. The minimum atomic E-state index is 0.813. The lowest BCUT2D eigenvalue weighted by atomic mass is 9.98. The second kappa shape index (κ2) is 1.98. The second-order valence-electron chi connectivity index (χ2n) is 3.60. The van der Waals surface area contributed by atoms with Gasteiger partial charge in [0, 0.05) is 0 Å². The van der Waals surface area contributed by atoms with Crippen LogP contribution in [0.2, 0.25) is 0 Å². The smallest absolute Gasteiger partial charge is 0.0199 e. The van der Waals surface area contributed by atoms with Gasteiger partial charge in [-0.3, -0.25) is 0 Å². The Morgan fingerprint density at radius 2 is 1.40 bits per heavy atom. The Hall–Kier alpha value is -0.520. The fraction of sp³-hybridized carbons (Fsp3) is 0.600. The number of rotatable bonds is 2. The van der Waals surface area contributed by atoms with Gasteiger partial charge in [0.25, 0.3) is 0 Å². The molecule has 2 rings (SSSR count). The first-order chi connectivity index (χ1) is 4.86. The highest BCUT2D eigenvalue weighted by atomic mass is 14.6. The van der Waals surface area contributed by atoms with Crippen molar-refractivity contribution in [2.45, 2.75) is 12.8 Å². The molecule has 2 saturated carbocycles. The van der Waals surface area contributed by atoms with E-state index in [-0.39, 0.29) is 0 Å². The molecule has 2 fully saturated rings. The number of hydrogen-bond acceptors (Lipinski definition) is 0. The van der Waals surface area contributed by atoms with Gasteiger partial charge in [-0.1, -0.05) is 12.2 Å². The molecule has 0 aliphatic heterocycles. The molecule has 0 aromatic heterocycles. The molecule has 0 aromatic carbocycles. The first kappa shape index (κ1) is 6.21. The van der Waals surface area contributed by atoms with Gasteiger partial charge in [0.2, 0.25) is 0 Å². The van der Waals surface area contributed by atoms with Crippen molar-refractivity contribution in [2.75, 3.05) is 0 Å². The van der Waals surface area contributed by atoms with E-state index in [4.69, 9.17) is 0 Å². The standard InChI is InChI=1S/C10H14/c1-3-7-5-8(4-2)10-6-9(7)10/h3-4,7-10H,1-2,5-6H2. The Kier molecular flexibility index (Phi) is 1.23. The monoisotopic (exact) mass is 134 g/mol. The van der Waals surface area contributed by atoms with E-state index in [9.17, 15) is 0 Å². The van der Waals surface area contributed by atoms with Crippen LogP contribution in [0.25, 0.3) is 0 Å². The maximum absolute atomic E-state index is 3.85. The quantitative estimate of drug-likeness (QED) is 0.509. The zero-order chi connectivity index (χ0) is 7.14. The predicted molar refractivity (Wildman–Crippen MR) is 43.6 cm³/mol. The van der Waals surface area contributed by atoms with E-state index in [1.54, 1.807) is 0 Å². The molecular weight excluding hydrogens is 120 g/mol. The van der Waals surface area contributed by atoms with Gasteiger partial charge >= 0.3 is 0 Å². The van der Waals surface area contributed by atoms with Gasteiger partial charge in [-0.25, -0.2) is 0 Å². The molecule has 10 heavy (non-hydrogen) atoms. The van der Waals surface area contributed by atoms with Crippen LogP contribution in [0.15, 0.2) is 25.3 Å². The Bertz CT molecular complexity index is 151. The minimum Gasteiger partial charge on any atom is -0.103 e. The lowest BCUT2D eigenvalue weighted by Crippen LogP contribution is -1.97. The summed E-state index contributed by atoms with van der Waals surface area (Å²) in [6.07, 6.45) is 7.03. The average molecular weight is 134 g/mol. The molecule has 54 valence electrons. The molecule has 0 aromatic rings. The SMILES string of the molecule is C=CC1CC(C=C)C2CC12. The zero-order valence-corrected chi connectivity index (χ0v) is 6.29. The van der Waals surface area contributed by atoms with E-state index in [0.717, 1.165) is 23.7 Å². The van der Waals surface area contributed by atoms with Gasteiger partial charge in [0.1, 0.15) is 0 Å². The van der Waals surface area contributed by atoms with Crippen molar-refractivity contribution in [3.63, 3.8) is 0 Å². The van der Waals surface area contributed by atoms with Crippen LogP contribution < -0.4 is 0 Å². The van der Waals surface area contributed by atoms with Crippen molar-refractivity contribution >= 4 is 0 Å². The first-order valence-electron chi connectivity index (χ1n) is 4.12. The zero-order valence-electron chi connectivity index (χ0n) is 6.29. The van der Waals surface area contributed by atoms with Crippen molar-refractivity contribution in [1.82, 2.24) is 0 Å². The van der Waals surface area contributed by atoms with Crippen LogP contribution in [0.1, 0.15) is 12.8 Å². The highest BCUT2D eigenvalue weighted by molar-refractivity contribution is 5.11. The Balaban J connectivity index is 2.08. The molecule has 4 unspecified atom stereocenters. The van der Waals surface area contributed by atoms with E-state index >= 15 is 0 Å². The minimum absolute atomic E-state index is 0.813. The van der Waals surface area contributed by atoms with Crippen molar-refractivity contribution in [2.24, 2.45) is 23.7 Å². The maximum atomic E-state index is 3.85. The van der Waals surface area contributed by atoms with Crippen molar-refractivity contribution < 1.29 is 0 Å². The molecule has 2 aliphatic carbocycles. The average Bonchev–Trinajstić information content (AvgIpc) is 2.67. The summed E-state index contributed by atoms with van der Waals surface area (Å²) in [4.78, 5) is 0. The molecule has 0 heterocycles. The third-order valence-corrected chi connectivity index (χ3v) is 3.14. The summed E-state index contributed by atoms with van der Waals surface area (Å²) in [6, 6.07) is 0.